The van der Waals surface area contributed by atoms with E-state index < -0.39 is 5.82 Å². The van der Waals surface area contributed by atoms with Gasteiger partial charge in [-0.05, 0) is 36.5 Å². The molecule has 1 aromatic carbocycles. The minimum atomic E-state index is -0.470. The summed E-state index contributed by atoms with van der Waals surface area (Å²) in [6, 6.07) is 4.31. The second-order valence-corrected chi connectivity index (χ2v) is 6.48. The van der Waals surface area contributed by atoms with Crippen LogP contribution in [-0.2, 0) is 0 Å². The van der Waals surface area contributed by atoms with Crippen molar-refractivity contribution in [3.8, 4) is 5.75 Å². The molecular weight excluding hydrogens is 319 g/mol. The standard InChI is InChI=1S/C16H17FN2O3S/c1-22-13-3-2-9(6-12(13)17)15(10-4-11(20)5-10)19-16(21)14-7-18-8-23-14/h2-3,6-8,10-11,15,20H,4-5H2,1H3,(H,19,21). The Balaban J connectivity index is 1.83. The van der Waals surface area contributed by atoms with Crippen LogP contribution in [-0.4, -0.2) is 29.2 Å². The van der Waals surface area contributed by atoms with Gasteiger partial charge in [-0.15, -0.1) is 11.3 Å². The molecule has 1 heterocycles. The number of thiazole rings is 1. The number of amides is 1. The number of hydrogen-bond donors (Lipinski definition) is 2. The van der Waals surface area contributed by atoms with Gasteiger partial charge < -0.3 is 15.2 Å². The van der Waals surface area contributed by atoms with Crippen molar-refractivity contribution >= 4 is 17.2 Å². The van der Waals surface area contributed by atoms with Crippen LogP contribution in [0.1, 0.15) is 34.1 Å². The highest BCUT2D eigenvalue weighted by Gasteiger charge is 2.36. The second kappa shape index (κ2) is 6.64. The Morgan fingerprint density at radius 3 is 2.87 bits per heavy atom. The van der Waals surface area contributed by atoms with E-state index >= 15 is 0 Å². The Labute approximate surface area is 137 Å². The summed E-state index contributed by atoms with van der Waals surface area (Å²) in [5, 5.41) is 12.5. The Morgan fingerprint density at radius 1 is 1.52 bits per heavy atom. The van der Waals surface area contributed by atoms with Crippen molar-refractivity contribution in [2.75, 3.05) is 7.11 Å². The van der Waals surface area contributed by atoms with Crippen LogP contribution in [0.4, 0.5) is 4.39 Å². The van der Waals surface area contributed by atoms with E-state index in [9.17, 15) is 14.3 Å². The third kappa shape index (κ3) is 3.35. The Hall–Kier alpha value is -1.99. The number of nitrogens with zero attached hydrogens (tertiary/aromatic N) is 1. The molecule has 5 nitrogen and oxygen atoms in total. The molecular formula is C16H17FN2O3S. The van der Waals surface area contributed by atoms with Crippen LogP contribution >= 0.6 is 11.3 Å². The van der Waals surface area contributed by atoms with E-state index in [4.69, 9.17) is 4.74 Å². The van der Waals surface area contributed by atoms with E-state index in [1.807, 2.05) is 0 Å². The summed E-state index contributed by atoms with van der Waals surface area (Å²) in [5.74, 6) is -0.471. The van der Waals surface area contributed by atoms with E-state index in [2.05, 4.69) is 10.3 Å². The van der Waals surface area contributed by atoms with Gasteiger partial charge >= 0.3 is 0 Å². The van der Waals surface area contributed by atoms with Crippen LogP contribution in [0.15, 0.2) is 29.9 Å². The summed E-state index contributed by atoms with van der Waals surface area (Å²) < 4.78 is 18.9. The maximum Gasteiger partial charge on any atom is 0.263 e. The quantitative estimate of drug-likeness (QED) is 0.880. The van der Waals surface area contributed by atoms with E-state index in [-0.39, 0.29) is 29.7 Å². The highest BCUT2D eigenvalue weighted by molar-refractivity contribution is 7.11. The molecule has 1 aromatic heterocycles. The second-order valence-electron chi connectivity index (χ2n) is 5.60. The van der Waals surface area contributed by atoms with Crippen molar-refractivity contribution in [3.63, 3.8) is 0 Å². The normalized spacial score (nSPS) is 21.3. The number of hydrogen-bond acceptors (Lipinski definition) is 5. The number of benzene rings is 1. The third-order valence-electron chi connectivity index (χ3n) is 4.10. The lowest BCUT2D eigenvalue weighted by molar-refractivity contribution is 0.0235. The number of rotatable bonds is 5. The molecule has 1 aliphatic rings. The molecule has 1 amide bonds. The minimum Gasteiger partial charge on any atom is -0.494 e. The topological polar surface area (TPSA) is 71.5 Å². The Morgan fingerprint density at radius 2 is 2.30 bits per heavy atom. The van der Waals surface area contributed by atoms with E-state index in [1.54, 1.807) is 17.6 Å². The lowest BCUT2D eigenvalue weighted by Gasteiger charge is -2.38. The number of carbonyl (C=O) groups excluding carboxylic acids is 1. The van der Waals surface area contributed by atoms with E-state index in [0.717, 1.165) is 0 Å². The molecule has 0 bridgehead atoms. The zero-order chi connectivity index (χ0) is 16.4. The first-order valence-electron chi connectivity index (χ1n) is 7.29. The Bertz CT molecular complexity index is 687. The van der Waals surface area contributed by atoms with Crippen LogP contribution in [0, 0.1) is 11.7 Å². The molecule has 3 rings (SSSR count). The number of ether oxygens (including phenoxy) is 1. The van der Waals surface area contributed by atoms with Crippen LogP contribution in [0.2, 0.25) is 0 Å². The van der Waals surface area contributed by atoms with Gasteiger partial charge in [-0.2, -0.15) is 0 Å². The van der Waals surface area contributed by atoms with Gasteiger partial charge in [0.2, 0.25) is 0 Å². The molecule has 0 aliphatic heterocycles. The fourth-order valence-corrected chi connectivity index (χ4v) is 3.31. The van der Waals surface area contributed by atoms with Crippen LogP contribution < -0.4 is 10.1 Å². The summed E-state index contributed by atoms with van der Waals surface area (Å²) in [4.78, 5) is 16.7. The predicted octanol–water partition coefficient (Wildman–Crippen LogP) is 2.53. The zero-order valence-corrected chi connectivity index (χ0v) is 13.3. The lowest BCUT2D eigenvalue weighted by Crippen LogP contribution is -2.41. The fraction of sp³-hybridized carbons (Fsp3) is 0.375. The van der Waals surface area contributed by atoms with Crippen LogP contribution in [0.3, 0.4) is 0 Å². The number of halogens is 1. The molecule has 7 heteroatoms. The van der Waals surface area contributed by atoms with Crippen molar-refractivity contribution in [1.82, 2.24) is 10.3 Å². The molecule has 1 aliphatic carbocycles. The van der Waals surface area contributed by atoms with Gasteiger partial charge in [0, 0.05) is 0 Å². The lowest BCUT2D eigenvalue weighted by atomic mass is 9.75. The molecule has 2 aromatic rings. The molecule has 1 atom stereocenters. The highest BCUT2D eigenvalue weighted by Crippen LogP contribution is 2.39. The average molecular weight is 336 g/mol. The van der Waals surface area contributed by atoms with Gasteiger partial charge in [-0.1, -0.05) is 6.07 Å². The van der Waals surface area contributed by atoms with Crippen LogP contribution in [0.25, 0.3) is 0 Å². The van der Waals surface area contributed by atoms with Gasteiger partial charge in [0.15, 0.2) is 11.6 Å². The first-order valence-corrected chi connectivity index (χ1v) is 8.17. The Kier molecular flexibility index (Phi) is 4.58. The minimum absolute atomic E-state index is 0.0784. The summed E-state index contributed by atoms with van der Waals surface area (Å²) in [6.07, 6.45) is 2.31. The highest BCUT2D eigenvalue weighted by atomic mass is 32.1. The average Bonchev–Trinajstić information content (AvgIpc) is 3.04. The summed E-state index contributed by atoms with van der Waals surface area (Å²) in [7, 11) is 1.41. The largest absolute Gasteiger partial charge is 0.494 e. The molecule has 0 spiro atoms. The number of carbonyl (C=O) groups is 1. The van der Waals surface area contributed by atoms with E-state index in [0.29, 0.717) is 23.3 Å². The van der Waals surface area contributed by atoms with E-state index in [1.165, 1.54) is 30.7 Å². The SMILES string of the molecule is COc1ccc(C(NC(=O)c2cncs2)C2CC(O)C2)cc1F. The monoisotopic (exact) mass is 336 g/mol. The van der Waals surface area contributed by atoms with Gasteiger partial charge in [0.05, 0.1) is 31.0 Å². The van der Waals surface area contributed by atoms with Gasteiger partial charge in [0.25, 0.3) is 5.91 Å². The number of aliphatic hydroxyl groups is 1. The number of aliphatic hydroxyl groups excluding tert-OH is 1. The third-order valence-corrected chi connectivity index (χ3v) is 4.87. The molecule has 23 heavy (non-hydrogen) atoms. The number of aromatic nitrogens is 1. The van der Waals surface area contributed by atoms with Crippen molar-refractivity contribution in [1.29, 1.82) is 0 Å². The van der Waals surface area contributed by atoms with Gasteiger partial charge in [0.1, 0.15) is 4.88 Å². The first-order chi connectivity index (χ1) is 11.1. The smallest absolute Gasteiger partial charge is 0.263 e. The summed E-state index contributed by atoms with van der Waals surface area (Å²) in [6.45, 7) is 0. The van der Waals surface area contributed by atoms with Crippen LogP contribution in [0.5, 0.6) is 5.75 Å². The van der Waals surface area contributed by atoms with Crippen molar-refractivity contribution in [2.45, 2.75) is 25.0 Å². The van der Waals surface area contributed by atoms with Gasteiger partial charge in [-0.3, -0.25) is 9.78 Å². The predicted molar refractivity (Wildman–Crippen MR) is 84.0 cm³/mol. The fourth-order valence-electron chi connectivity index (χ4n) is 2.79. The van der Waals surface area contributed by atoms with Crippen molar-refractivity contribution in [2.24, 2.45) is 5.92 Å². The molecule has 1 saturated carbocycles. The van der Waals surface area contributed by atoms with Crippen molar-refractivity contribution in [3.05, 3.63) is 46.2 Å². The summed E-state index contributed by atoms with van der Waals surface area (Å²) in [5.41, 5.74) is 2.25. The molecule has 1 fully saturated rings. The first kappa shape index (κ1) is 15.9. The number of methoxy groups -OCH3 is 1. The molecule has 122 valence electrons. The molecule has 0 radical (unpaired) electrons. The molecule has 1 unspecified atom stereocenters. The molecule has 0 saturated heterocycles. The van der Waals surface area contributed by atoms with Crippen molar-refractivity contribution < 1.29 is 19.0 Å². The zero-order valence-electron chi connectivity index (χ0n) is 12.5. The summed E-state index contributed by atoms with van der Waals surface area (Å²) >= 11 is 1.25. The number of nitrogens with one attached hydrogen (secondary N) is 1. The maximum atomic E-state index is 14.0. The molecule has 2 N–H and O–H groups in total. The van der Waals surface area contributed by atoms with Gasteiger partial charge in [-0.25, -0.2) is 4.39 Å². The maximum absolute atomic E-state index is 14.0.